The van der Waals surface area contributed by atoms with Gasteiger partial charge in [0.1, 0.15) is 12.2 Å². The number of fused-ring (bicyclic) bond motifs is 1. The molecule has 146 valence electrons. The second-order valence-electron chi connectivity index (χ2n) is 7.10. The smallest absolute Gasteiger partial charge is 0.105 e. The van der Waals surface area contributed by atoms with Crippen molar-refractivity contribution >= 4 is 11.0 Å². The molecule has 0 radical (unpaired) electrons. The summed E-state index contributed by atoms with van der Waals surface area (Å²) in [6, 6.07) is 20.7. The summed E-state index contributed by atoms with van der Waals surface area (Å²) in [5, 5.41) is 15.9. The van der Waals surface area contributed by atoms with Crippen LogP contribution in [0.3, 0.4) is 0 Å². The van der Waals surface area contributed by atoms with E-state index in [1.807, 2.05) is 41.3 Å². The molecule has 0 aliphatic heterocycles. The molecule has 6 heteroatoms. The maximum absolute atomic E-state index is 8.86. The molecule has 0 fully saturated rings. The van der Waals surface area contributed by atoms with Crippen LogP contribution in [0.25, 0.3) is 22.3 Å². The number of hydrogen-bond acceptors (Lipinski definition) is 3. The lowest BCUT2D eigenvalue weighted by Gasteiger charge is -2.05. The van der Waals surface area contributed by atoms with Crippen molar-refractivity contribution in [2.24, 2.45) is 0 Å². The van der Waals surface area contributed by atoms with Crippen LogP contribution in [0.15, 0.2) is 67.1 Å². The van der Waals surface area contributed by atoms with Crippen LogP contribution >= 0.6 is 0 Å². The van der Waals surface area contributed by atoms with Gasteiger partial charge in [-0.3, -0.25) is 4.68 Å². The van der Waals surface area contributed by atoms with E-state index < -0.39 is 0 Å². The van der Waals surface area contributed by atoms with Gasteiger partial charge >= 0.3 is 0 Å². The summed E-state index contributed by atoms with van der Waals surface area (Å²) in [6.45, 7) is 3.50. The molecule has 0 aliphatic carbocycles. The molecule has 29 heavy (non-hydrogen) atoms. The number of quaternary nitrogens is 1. The van der Waals surface area contributed by atoms with Gasteiger partial charge in [0.2, 0.25) is 0 Å². The van der Waals surface area contributed by atoms with Crippen LogP contribution in [0.5, 0.6) is 0 Å². The van der Waals surface area contributed by atoms with Crippen LogP contribution in [0.2, 0.25) is 0 Å². The molecule has 0 saturated heterocycles. The van der Waals surface area contributed by atoms with E-state index in [9.17, 15) is 0 Å². The standard InChI is InChI=1S/C23H24N6/c24-12-6-15-29-17-20(23(27-29)19-8-2-1-3-9-19)16-25-13-7-14-28-18-26-21-10-4-5-11-22(21)28/h1-5,8-11,17-18,25H,6-7,13-16H2/p+1. The molecule has 2 aromatic heterocycles. The van der Waals surface area contributed by atoms with Crippen molar-refractivity contribution < 1.29 is 5.32 Å². The molecule has 0 atom stereocenters. The van der Waals surface area contributed by atoms with Crippen molar-refractivity contribution in [3.05, 3.63) is 72.7 Å². The third-order valence-electron chi connectivity index (χ3n) is 5.04. The normalized spacial score (nSPS) is 11.0. The molecule has 2 heterocycles. The zero-order valence-corrected chi connectivity index (χ0v) is 16.4. The van der Waals surface area contributed by atoms with Crippen LogP contribution in [-0.2, 0) is 19.6 Å². The number of benzene rings is 2. The average molecular weight is 385 g/mol. The Hall–Kier alpha value is -3.43. The molecule has 6 nitrogen and oxygen atoms in total. The topological polar surface area (TPSA) is 76.0 Å². The van der Waals surface area contributed by atoms with Gasteiger partial charge in [-0.2, -0.15) is 10.4 Å². The third kappa shape index (κ3) is 4.53. The van der Waals surface area contributed by atoms with E-state index >= 15 is 0 Å². The molecule has 2 aromatic carbocycles. The number of aryl methyl sites for hydroxylation is 2. The summed E-state index contributed by atoms with van der Waals surface area (Å²) < 4.78 is 4.12. The van der Waals surface area contributed by atoms with Crippen molar-refractivity contribution in [1.29, 1.82) is 5.26 Å². The summed E-state index contributed by atoms with van der Waals surface area (Å²) >= 11 is 0. The molecule has 2 N–H and O–H groups in total. The van der Waals surface area contributed by atoms with E-state index in [-0.39, 0.29) is 0 Å². The first-order valence-electron chi connectivity index (χ1n) is 10.1. The fraction of sp³-hybridized carbons (Fsp3) is 0.261. The quantitative estimate of drug-likeness (QED) is 0.450. The minimum atomic E-state index is 0.470. The van der Waals surface area contributed by atoms with Gasteiger partial charge in [0, 0.05) is 24.7 Å². The first kappa shape index (κ1) is 18.9. The first-order valence-corrected chi connectivity index (χ1v) is 10.1. The maximum atomic E-state index is 8.86. The summed E-state index contributed by atoms with van der Waals surface area (Å²) in [6.07, 6.45) is 5.55. The average Bonchev–Trinajstić information content (AvgIpc) is 3.37. The van der Waals surface area contributed by atoms with Gasteiger partial charge in [0.15, 0.2) is 0 Å². The molecular weight excluding hydrogens is 360 g/mol. The Bertz CT molecular complexity index is 1100. The molecular formula is C23H25N6+. The van der Waals surface area contributed by atoms with Crippen molar-refractivity contribution in [3.63, 3.8) is 0 Å². The van der Waals surface area contributed by atoms with Gasteiger partial charge in [0.25, 0.3) is 0 Å². The second-order valence-corrected chi connectivity index (χ2v) is 7.10. The van der Waals surface area contributed by atoms with Crippen molar-refractivity contribution in [2.75, 3.05) is 6.54 Å². The Balaban J connectivity index is 1.36. The number of hydrogen-bond donors (Lipinski definition) is 1. The van der Waals surface area contributed by atoms with Crippen LogP contribution in [0.4, 0.5) is 0 Å². The number of imidazole rings is 1. The van der Waals surface area contributed by atoms with E-state index in [4.69, 9.17) is 10.4 Å². The number of nitrogens with zero attached hydrogens (tertiary/aromatic N) is 5. The highest BCUT2D eigenvalue weighted by atomic mass is 15.3. The summed E-state index contributed by atoms with van der Waals surface area (Å²) in [5.74, 6) is 0. The zero-order chi connectivity index (χ0) is 19.9. The van der Waals surface area contributed by atoms with Crippen molar-refractivity contribution in [2.45, 2.75) is 32.5 Å². The van der Waals surface area contributed by atoms with Crippen LogP contribution in [0, 0.1) is 11.3 Å². The highest BCUT2D eigenvalue weighted by Crippen LogP contribution is 2.21. The number of nitrogens with two attached hydrogens (primary N) is 1. The van der Waals surface area contributed by atoms with E-state index in [0.29, 0.717) is 13.0 Å². The Morgan fingerprint density at radius 1 is 1.00 bits per heavy atom. The Morgan fingerprint density at radius 2 is 1.83 bits per heavy atom. The lowest BCUT2D eigenvalue weighted by atomic mass is 10.1. The largest absolute Gasteiger partial charge is 0.342 e. The maximum Gasteiger partial charge on any atom is 0.105 e. The summed E-state index contributed by atoms with van der Waals surface area (Å²) in [4.78, 5) is 4.46. The number of aromatic nitrogens is 4. The molecule has 0 bridgehead atoms. The minimum absolute atomic E-state index is 0.470. The third-order valence-corrected chi connectivity index (χ3v) is 5.04. The summed E-state index contributed by atoms with van der Waals surface area (Å²) in [7, 11) is 0. The van der Waals surface area contributed by atoms with E-state index in [1.54, 1.807) is 0 Å². The van der Waals surface area contributed by atoms with Crippen molar-refractivity contribution in [3.8, 4) is 17.3 Å². The fourth-order valence-electron chi connectivity index (χ4n) is 3.58. The second kappa shape index (κ2) is 9.18. The van der Waals surface area contributed by atoms with Gasteiger partial charge < -0.3 is 9.88 Å². The number of nitriles is 1. The highest BCUT2D eigenvalue weighted by molar-refractivity contribution is 5.74. The molecule has 0 amide bonds. The molecule has 0 aliphatic rings. The van der Waals surface area contributed by atoms with Gasteiger partial charge in [-0.05, 0) is 12.1 Å². The molecule has 0 saturated carbocycles. The Kier molecular flexibility index (Phi) is 5.98. The fourth-order valence-corrected chi connectivity index (χ4v) is 3.58. The van der Waals surface area contributed by atoms with Gasteiger partial charge in [-0.25, -0.2) is 4.98 Å². The predicted molar refractivity (Wildman–Crippen MR) is 113 cm³/mol. The lowest BCUT2D eigenvalue weighted by molar-refractivity contribution is -0.670. The molecule has 4 aromatic rings. The number of para-hydroxylation sites is 2. The Labute approximate surface area is 170 Å². The Morgan fingerprint density at radius 3 is 2.69 bits per heavy atom. The molecule has 0 spiro atoms. The predicted octanol–water partition coefficient (Wildman–Crippen LogP) is 2.97. The van der Waals surface area contributed by atoms with E-state index in [0.717, 1.165) is 42.8 Å². The van der Waals surface area contributed by atoms with Crippen LogP contribution in [-0.4, -0.2) is 25.9 Å². The van der Waals surface area contributed by atoms with Gasteiger partial charge in [-0.15, -0.1) is 0 Å². The minimum Gasteiger partial charge on any atom is -0.342 e. The van der Waals surface area contributed by atoms with Gasteiger partial charge in [-0.1, -0.05) is 42.5 Å². The monoisotopic (exact) mass is 385 g/mol. The SMILES string of the molecule is N#CCCn1cc(C[NH2+]CCCn2cnc3ccccc32)c(-c2ccccc2)n1. The van der Waals surface area contributed by atoms with Crippen LogP contribution in [0.1, 0.15) is 18.4 Å². The zero-order valence-electron chi connectivity index (χ0n) is 16.4. The van der Waals surface area contributed by atoms with Crippen molar-refractivity contribution in [1.82, 2.24) is 19.3 Å². The molecule has 4 rings (SSSR count). The highest BCUT2D eigenvalue weighted by Gasteiger charge is 2.12. The first-order chi connectivity index (χ1) is 14.3. The lowest BCUT2D eigenvalue weighted by Crippen LogP contribution is -2.82. The van der Waals surface area contributed by atoms with Gasteiger partial charge in [0.05, 0.1) is 48.5 Å². The van der Waals surface area contributed by atoms with E-state index in [2.05, 4.69) is 51.4 Å². The molecule has 0 unspecified atom stereocenters. The summed E-state index contributed by atoms with van der Waals surface area (Å²) in [5.41, 5.74) is 5.59. The van der Waals surface area contributed by atoms with Crippen LogP contribution < -0.4 is 5.32 Å². The number of rotatable bonds is 9. The van der Waals surface area contributed by atoms with E-state index in [1.165, 1.54) is 11.1 Å².